The molecule has 1 aromatic carbocycles. The van der Waals surface area contributed by atoms with E-state index in [9.17, 15) is 0 Å². The molecule has 0 N–H and O–H groups in total. The fourth-order valence-corrected chi connectivity index (χ4v) is 2.17. The molecule has 0 unspecified atom stereocenters. The van der Waals surface area contributed by atoms with Crippen molar-refractivity contribution in [2.75, 3.05) is 0 Å². The number of hydrogen-bond donors (Lipinski definition) is 0. The van der Waals surface area contributed by atoms with Gasteiger partial charge in [0.25, 0.3) is 0 Å². The van der Waals surface area contributed by atoms with Gasteiger partial charge >= 0.3 is 0 Å². The van der Waals surface area contributed by atoms with Crippen molar-refractivity contribution in [2.45, 2.75) is 37.0 Å². The van der Waals surface area contributed by atoms with Crippen LogP contribution in [0.5, 0.6) is 0 Å². The molecule has 0 radical (unpaired) electrons. The van der Waals surface area contributed by atoms with E-state index in [0.29, 0.717) is 0 Å². The summed E-state index contributed by atoms with van der Waals surface area (Å²) in [6, 6.07) is 10.4. The van der Waals surface area contributed by atoms with Crippen molar-refractivity contribution in [2.24, 2.45) is 0 Å². The van der Waals surface area contributed by atoms with Gasteiger partial charge in [0.2, 0.25) is 0 Å². The zero-order valence-electron chi connectivity index (χ0n) is 10.4. The van der Waals surface area contributed by atoms with E-state index in [-0.39, 0.29) is 5.41 Å². The Balaban J connectivity index is 1.99. The van der Waals surface area contributed by atoms with Crippen molar-refractivity contribution in [1.29, 1.82) is 0 Å². The molecule has 0 aliphatic carbocycles. The fourth-order valence-electron chi connectivity index (χ4n) is 1.40. The van der Waals surface area contributed by atoms with Gasteiger partial charge < -0.3 is 4.42 Å². The molecule has 1 aromatic heterocycles. The summed E-state index contributed by atoms with van der Waals surface area (Å²) in [7, 11) is 0. The van der Waals surface area contributed by atoms with Gasteiger partial charge in [-0.1, -0.05) is 62.9 Å². The van der Waals surface area contributed by atoms with Crippen molar-refractivity contribution in [3.63, 3.8) is 0 Å². The predicted octanol–water partition coefficient (Wildman–Crippen LogP) is 4.26. The van der Waals surface area contributed by atoms with E-state index >= 15 is 0 Å². The largest absolute Gasteiger partial charge is 0.447 e. The van der Waals surface area contributed by atoms with Gasteiger partial charge in [0.05, 0.1) is 0 Å². The van der Waals surface area contributed by atoms with E-state index in [1.165, 1.54) is 5.56 Å². The Bertz CT molecular complexity index is 470. The van der Waals surface area contributed by atoms with E-state index in [2.05, 4.69) is 50.0 Å². The second-order valence-electron chi connectivity index (χ2n) is 5.02. The number of benzene rings is 1. The van der Waals surface area contributed by atoms with Crippen LogP contribution in [0.15, 0.2) is 46.0 Å². The van der Waals surface area contributed by atoms with Gasteiger partial charge in [0, 0.05) is 11.2 Å². The first kappa shape index (κ1) is 12.2. The van der Waals surface area contributed by atoms with E-state index in [1.54, 1.807) is 18.0 Å². The average Bonchev–Trinajstić information content (AvgIpc) is 2.76. The van der Waals surface area contributed by atoms with Gasteiger partial charge in [-0.15, -0.1) is 0 Å². The lowest BCUT2D eigenvalue weighted by Gasteiger charge is -2.11. The van der Waals surface area contributed by atoms with E-state index in [0.717, 1.165) is 16.7 Å². The monoisotopic (exact) mass is 247 g/mol. The van der Waals surface area contributed by atoms with Crippen LogP contribution in [-0.2, 0) is 11.2 Å². The Morgan fingerprint density at radius 1 is 1.18 bits per heavy atom. The highest BCUT2D eigenvalue weighted by Gasteiger charge is 2.20. The lowest BCUT2D eigenvalue weighted by atomic mass is 9.97. The van der Waals surface area contributed by atoms with Crippen LogP contribution in [0.1, 0.15) is 32.2 Å². The maximum absolute atomic E-state index is 5.49. The average molecular weight is 247 g/mol. The molecular weight excluding hydrogens is 230 g/mol. The van der Waals surface area contributed by atoms with Gasteiger partial charge in [0.15, 0.2) is 5.89 Å². The smallest absolute Gasteiger partial charge is 0.200 e. The number of thioether (sulfide) groups is 1. The lowest BCUT2D eigenvalue weighted by molar-refractivity contribution is 0.392. The summed E-state index contributed by atoms with van der Waals surface area (Å²) < 4.78 is 5.49. The van der Waals surface area contributed by atoms with Gasteiger partial charge in [-0.2, -0.15) is 0 Å². The van der Waals surface area contributed by atoms with Crippen LogP contribution in [0, 0.1) is 0 Å². The Morgan fingerprint density at radius 3 is 2.47 bits per heavy atom. The molecule has 0 aliphatic heterocycles. The van der Waals surface area contributed by atoms with E-state index < -0.39 is 0 Å². The standard InChI is InChI=1S/C14H17NOS/c1-14(2,3)13-15-12(9-16-13)17-10-11-7-5-4-6-8-11/h4-9H,10H2,1-3H3. The van der Waals surface area contributed by atoms with Gasteiger partial charge in [-0.05, 0) is 5.56 Å². The molecular formula is C14H17NOS. The first-order valence-corrected chi connectivity index (χ1v) is 6.67. The fraction of sp³-hybridized carbons (Fsp3) is 0.357. The summed E-state index contributed by atoms with van der Waals surface area (Å²) in [4.78, 5) is 4.49. The Hall–Kier alpha value is -1.22. The van der Waals surface area contributed by atoms with Gasteiger partial charge in [0.1, 0.15) is 11.3 Å². The van der Waals surface area contributed by atoms with Crippen LogP contribution >= 0.6 is 11.8 Å². The molecule has 3 heteroatoms. The summed E-state index contributed by atoms with van der Waals surface area (Å²) in [5, 5.41) is 0.957. The second kappa shape index (κ2) is 4.96. The number of rotatable bonds is 3. The minimum absolute atomic E-state index is 0.0223. The van der Waals surface area contributed by atoms with Crippen LogP contribution in [0.4, 0.5) is 0 Å². The third-order valence-corrected chi connectivity index (χ3v) is 3.32. The number of aromatic nitrogens is 1. The molecule has 0 aliphatic rings. The Labute approximate surface area is 106 Å². The molecule has 2 aromatic rings. The van der Waals surface area contributed by atoms with Crippen molar-refractivity contribution in [3.8, 4) is 0 Å². The molecule has 0 fully saturated rings. The molecule has 90 valence electrons. The van der Waals surface area contributed by atoms with Gasteiger partial charge in [-0.25, -0.2) is 4.98 Å². The van der Waals surface area contributed by atoms with Crippen LogP contribution in [-0.4, -0.2) is 4.98 Å². The van der Waals surface area contributed by atoms with E-state index in [4.69, 9.17) is 4.42 Å². The molecule has 0 bridgehead atoms. The normalized spacial score (nSPS) is 11.7. The van der Waals surface area contributed by atoms with Crippen LogP contribution < -0.4 is 0 Å². The van der Waals surface area contributed by atoms with Crippen molar-refractivity contribution >= 4 is 11.8 Å². The van der Waals surface area contributed by atoms with Crippen LogP contribution in [0.25, 0.3) is 0 Å². The Morgan fingerprint density at radius 2 is 1.88 bits per heavy atom. The first-order valence-electron chi connectivity index (χ1n) is 5.68. The number of nitrogens with zero attached hydrogens (tertiary/aromatic N) is 1. The topological polar surface area (TPSA) is 26.0 Å². The molecule has 0 saturated carbocycles. The van der Waals surface area contributed by atoms with Crippen molar-refractivity contribution in [3.05, 3.63) is 48.0 Å². The molecule has 2 rings (SSSR count). The number of hydrogen-bond acceptors (Lipinski definition) is 3. The van der Waals surface area contributed by atoms with Crippen molar-refractivity contribution < 1.29 is 4.42 Å². The first-order chi connectivity index (χ1) is 8.05. The summed E-state index contributed by atoms with van der Waals surface area (Å²) in [5.41, 5.74) is 1.28. The molecule has 0 atom stereocenters. The minimum Gasteiger partial charge on any atom is -0.447 e. The zero-order chi connectivity index (χ0) is 12.3. The summed E-state index contributed by atoms with van der Waals surface area (Å²) in [6.45, 7) is 6.30. The molecule has 0 spiro atoms. The molecule has 17 heavy (non-hydrogen) atoms. The summed E-state index contributed by atoms with van der Waals surface area (Å²) in [5.74, 6) is 1.73. The SMILES string of the molecule is CC(C)(C)c1nc(SCc2ccccc2)co1. The Kier molecular flexibility index (Phi) is 3.57. The highest BCUT2D eigenvalue weighted by molar-refractivity contribution is 7.98. The zero-order valence-corrected chi connectivity index (χ0v) is 11.3. The molecule has 2 nitrogen and oxygen atoms in total. The summed E-state index contributed by atoms with van der Waals surface area (Å²) in [6.07, 6.45) is 1.74. The van der Waals surface area contributed by atoms with E-state index in [1.807, 2.05) is 6.07 Å². The molecule has 1 heterocycles. The van der Waals surface area contributed by atoms with Gasteiger partial charge in [-0.3, -0.25) is 0 Å². The maximum atomic E-state index is 5.49. The molecule has 0 amide bonds. The minimum atomic E-state index is -0.0223. The van der Waals surface area contributed by atoms with Crippen molar-refractivity contribution in [1.82, 2.24) is 4.98 Å². The molecule has 0 saturated heterocycles. The predicted molar refractivity (Wildman–Crippen MR) is 71.2 cm³/mol. The highest BCUT2D eigenvalue weighted by Crippen LogP contribution is 2.27. The summed E-state index contributed by atoms with van der Waals surface area (Å²) >= 11 is 1.71. The highest BCUT2D eigenvalue weighted by atomic mass is 32.2. The third kappa shape index (κ3) is 3.37. The van der Waals surface area contributed by atoms with Crippen LogP contribution in [0.2, 0.25) is 0 Å². The number of oxazole rings is 1. The lowest BCUT2D eigenvalue weighted by Crippen LogP contribution is -2.11. The quantitative estimate of drug-likeness (QED) is 0.758. The van der Waals surface area contributed by atoms with Crippen LogP contribution in [0.3, 0.4) is 0 Å². The third-order valence-electron chi connectivity index (χ3n) is 2.35. The maximum Gasteiger partial charge on any atom is 0.200 e. The second-order valence-corrected chi connectivity index (χ2v) is 6.01.